The van der Waals surface area contributed by atoms with Gasteiger partial charge in [-0.05, 0) is 30.5 Å². The zero-order valence-corrected chi connectivity index (χ0v) is 13.7. The van der Waals surface area contributed by atoms with E-state index in [1.54, 1.807) is 24.0 Å². The van der Waals surface area contributed by atoms with Gasteiger partial charge in [0.05, 0.1) is 6.54 Å². The lowest BCUT2D eigenvalue weighted by atomic mass is 9.92. The molecule has 1 heterocycles. The van der Waals surface area contributed by atoms with E-state index < -0.39 is 5.54 Å². The van der Waals surface area contributed by atoms with Crippen molar-refractivity contribution < 1.29 is 9.59 Å². The van der Waals surface area contributed by atoms with Gasteiger partial charge in [-0.2, -0.15) is 0 Å². The molecule has 1 unspecified atom stereocenters. The molecule has 24 heavy (non-hydrogen) atoms. The van der Waals surface area contributed by atoms with Gasteiger partial charge in [0.1, 0.15) is 5.54 Å². The lowest BCUT2D eigenvalue weighted by molar-refractivity contribution is -0.128. The normalized spacial score (nSPS) is 15.5. The van der Waals surface area contributed by atoms with E-state index in [-0.39, 0.29) is 18.4 Å². The fourth-order valence-electron chi connectivity index (χ4n) is 2.95. The van der Waals surface area contributed by atoms with Gasteiger partial charge in [-0.25, -0.2) is 0 Å². The molecule has 0 aromatic heterocycles. The second-order valence-electron chi connectivity index (χ2n) is 6.18. The van der Waals surface area contributed by atoms with Crippen LogP contribution in [0.4, 0.5) is 5.69 Å². The second-order valence-corrected chi connectivity index (χ2v) is 6.18. The van der Waals surface area contributed by atoms with Crippen LogP contribution in [0.1, 0.15) is 18.1 Å². The number of nitrogens with one attached hydrogen (secondary N) is 1. The topological polar surface area (TPSA) is 75.4 Å². The summed E-state index contributed by atoms with van der Waals surface area (Å²) >= 11 is 0. The van der Waals surface area contributed by atoms with Crippen LogP contribution in [-0.4, -0.2) is 24.9 Å². The molecule has 3 rings (SSSR count). The molecule has 5 heteroatoms. The average Bonchev–Trinajstić information content (AvgIpc) is 3.04. The number of para-hydroxylation sites is 1. The van der Waals surface area contributed by atoms with Gasteiger partial charge in [-0.1, -0.05) is 48.5 Å². The molecule has 2 aromatic carbocycles. The Morgan fingerprint density at radius 3 is 2.54 bits per heavy atom. The summed E-state index contributed by atoms with van der Waals surface area (Å²) in [6.45, 7) is 2.23. The van der Waals surface area contributed by atoms with Crippen LogP contribution in [0.15, 0.2) is 54.6 Å². The monoisotopic (exact) mass is 323 g/mol. The van der Waals surface area contributed by atoms with Gasteiger partial charge < -0.3 is 16.0 Å². The Labute approximate surface area is 141 Å². The van der Waals surface area contributed by atoms with Crippen LogP contribution in [0.25, 0.3) is 0 Å². The number of benzene rings is 2. The molecule has 0 radical (unpaired) electrons. The second kappa shape index (κ2) is 6.45. The molecule has 1 aliphatic rings. The summed E-state index contributed by atoms with van der Waals surface area (Å²) in [5.74, 6) is -0.494. The third kappa shape index (κ3) is 3.03. The highest BCUT2D eigenvalue weighted by atomic mass is 16.2. The molecule has 1 aliphatic heterocycles. The molecular weight excluding hydrogens is 302 g/mol. The molecule has 0 saturated heterocycles. The Morgan fingerprint density at radius 2 is 1.79 bits per heavy atom. The van der Waals surface area contributed by atoms with Crippen LogP contribution in [0.3, 0.4) is 0 Å². The zero-order chi connectivity index (χ0) is 17.2. The summed E-state index contributed by atoms with van der Waals surface area (Å²) < 4.78 is 0. The van der Waals surface area contributed by atoms with E-state index in [0.29, 0.717) is 12.1 Å². The predicted molar refractivity (Wildman–Crippen MR) is 93.5 cm³/mol. The largest absolute Gasteiger partial charge is 0.345 e. The van der Waals surface area contributed by atoms with Crippen LogP contribution in [0.2, 0.25) is 0 Å². The van der Waals surface area contributed by atoms with Crippen LogP contribution in [-0.2, 0) is 21.5 Å². The molecular formula is C19H21N3O2. The molecule has 2 aromatic rings. The highest BCUT2D eigenvalue weighted by Crippen LogP contribution is 2.27. The maximum absolute atomic E-state index is 12.4. The summed E-state index contributed by atoms with van der Waals surface area (Å²) in [4.78, 5) is 26.6. The van der Waals surface area contributed by atoms with Gasteiger partial charge in [0.2, 0.25) is 11.8 Å². The summed E-state index contributed by atoms with van der Waals surface area (Å²) in [7, 11) is 0. The number of hydrogen-bond donors (Lipinski definition) is 2. The summed E-state index contributed by atoms with van der Waals surface area (Å²) in [5.41, 5.74) is 7.78. The third-order valence-electron chi connectivity index (χ3n) is 4.43. The fraction of sp³-hybridized carbons (Fsp3) is 0.263. The van der Waals surface area contributed by atoms with Crippen molar-refractivity contribution in [1.29, 1.82) is 0 Å². The number of rotatable bonds is 4. The summed E-state index contributed by atoms with van der Waals surface area (Å²) in [6.07, 6.45) is 0.842. The minimum atomic E-state index is -1.18. The molecule has 0 spiro atoms. The minimum absolute atomic E-state index is 0.0627. The van der Waals surface area contributed by atoms with Crippen molar-refractivity contribution in [1.82, 2.24) is 5.32 Å². The number of carbonyl (C=O) groups excluding carboxylic acids is 2. The van der Waals surface area contributed by atoms with Gasteiger partial charge in [-0.3, -0.25) is 9.59 Å². The Hall–Kier alpha value is -2.66. The van der Waals surface area contributed by atoms with Crippen LogP contribution < -0.4 is 16.0 Å². The van der Waals surface area contributed by atoms with E-state index in [4.69, 9.17) is 5.73 Å². The number of nitrogens with two attached hydrogens (primary N) is 1. The predicted octanol–water partition coefficient (Wildman–Crippen LogP) is 1.57. The van der Waals surface area contributed by atoms with Gasteiger partial charge in [0.25, 0.3) is 0 Å². The number of hydrogen-bond acceptors (Lipinski definition) is 3. The van der Waals surface area contributed by atoms with Gasteiger partial charge in [0, 0.05) is 12.2 Å². The van der Waals surface area contributed by atoms with Crippen molar-refractivity contribution in [2.75, 3.05) is 18.0 Å². The van der Waals surface area contributed by atoms with Gasteiger partial charge in [0.15, 0.2) is 0 Å². The van der Waals surface area contributed by atoms with Gasteiger partial charge >= 0.3 is 0 Å². The van der Waals surface area contributed by atoms with E-state index >= 15 is 0 Å². The molecule has 0 aliphatic carbocycles. The number of amides is 2. The van der Waals surface area contributed by atoms with E-state index in [9.17, 15) is 9.59 Å². The Bertz CT molecular complexity index is 756. The number of nitrogens with zero attached hydrogens (tertiary/aromatic N) is 1. The Balaban J connectivity index is 1.64. The fourth-order valence-corrected chi connectivity index (χ4v) is 2.95. The SMILES string of the molecule is CC(N)(C(=O)NCC(=O)N1CCc2ccccc21)c1ccccc1. The van der Waals surface area contributed by atoms with E-state index in [2.05, 4.69) is 5.32 Å². The van der Waals surface area contributed by atoms with Crippen LogP contribution in [0, 0.1) is 0 Å². The highest BCUT2D eigenvalue weighted by molar-refractivity contribution is 5.99. The molecule has 0 saturated carbocycles. The molecule has 5 nitrogen and oxygen atoms in total. The van der Waals surface area contributed by atoms with Crippen molar-refractivity contribution in [3.05, 3.63) is 65.7 Å². The smallest absolute Gasteiger partial charge is 0.246 e. The van der Waals surface area contributed by atoms with Crippen molar-refractivity contribution in [2.24, 2.45) is 5.73 Å². The number of carbonyl (C=O) groups is 2. The summed E-state index contributed by atoms with van der Waals surface area (Å²) in [5, 5.41) is 2.67. The number of fused-ring (bicyclic) bond motifs is 1. The average molecular weight is 323 g/mol. The third-order valence-corrected chi connectivity index (χ3v) is 4.43. The van der Waals surface area contributed by atoms with E-state index in [0.717, 1.165) is 17.7 Å². The van der Waals surface area contributed by atoms with E-state index in [1.807, 2.05) is 42.5 Å². The molecule has 124 valence electrons. The minimum Gasteiger partial charge on any atom is -0.345 e. The molecule has 0 fully saturated rings. The van der Waals surface area contributed by atoms with Crippen molar-refractivity contribution in [3.63, 3.8) is 0 Å². The summed E-state index contributed by atoms with van der Waals surface area (Å²) in [6, 6.07) is 17.0. The van der Waals surface area contributed by atoms with Crippen LogP contribution in [0.5, 0.6) is 0 Å². The molecule has 3 N–H and O–H groups in total. The van der Waals surface area contributed by atoms with Crippen LogP contribution >= 0.6 is 0 Å². The van der Waals surface area contributed by atoms with Crippen molar-refractivity contribution >= 4 is 17.5 Å². The lowest BCUT2D eigenvalue weighted by Gasteiger charge is -2.25. The first kappa shape index (κ1) is 16.2. The quantitative estimate of drug-likeness (QED) is 0.897. The van der Waals surface area contributed by atoms with Crippen molar-refractivity contribution in [2.45, 2.75) is 18.9 Å². The van der Waals surface area contributed by atoms with E-state index in [1.165, 1.54) is 0 Å². The first-order valence-electron chi connectivity index (χ1n) is 8.01. The maximum atomic E-state index is 12.4. The van der Waals surface area contributed by atoms with Gasteiger partial charge in [-0.15, -0.1) is 0 Å². The highest BCUT2D eigenvalue weighted by Gasteiger charge is 2.31. The Kier molecular flexibility index (Phi) is 4.36. The Morgan fingerprint density at radius 1 is 1.12 bits per heavy atom. The molecule has 1 atom stereocenters. The standard InChI is InChI=1S/C19H21N3O2/c1-19(20,15-8-3-2-4-9-15)18(24)21-13-17(23)22-12-11-14-7-5-6-10-16(14)22/h2-10H,11-13,20H2,1H3,(H,21,24). The zero-order valence-electron chi connectivity index (χ0n) is 13.7. The first-order valence-corrected chi connectivity index (χ1v) is 8.01. The molecule has 2 amide bonds. The van der Waals surface area contributed by atoms with Crippen molar-refractivity contribution in [3.8, 4) is 0 Å². The maximum Gasteiger partial charge on any atom is 0.246 e. The lowest BCUT2D eigenvalue weighted by Crippen LogP contribution is -2.51. The molecule has 0 bridgehead atoms. The number of anilines is 1. The first-order chi connectivity index (χ1) is 11.5.